The highest BCUT2D eigenvalue weighted by Crippen LogP contribution is 2.14. The lowest BCUT2D eigenvalue weighted by molar-refractivity contribution is -0.142. The molecular weight excluding hydrogens is 239 g/mol. The molecule has 0 bridgehead atoms. The monoisotopic (exact) mass is 252 g/mol. The maximum Gasteiger partial charge on any atom is 0.334 e. The van der Waals surface area contributed by atoms with Crippen LogP contribution in [-0.4, -0.2) is 23.7 Å². The van der Waals surface area contributed by atoms with Crippen LogP contribution >= 0.6 is 0 Å². The summed E-state index contributed by atoms with van der Waals surface area (Å²) in [6.45, 7) is 1.74. The number of ether oxygens (including phenoxy) is 1. The van der Waals surface area contributed by atoms with Gasteiger partial charge in [0, 0.05) is 11.1 Å². The van der Waals surface area contributed by atoms with E-state index < -0.39 is 24.2 Å². The molecule has 0 radical (unpaired) electrons. The van der Waals surface area contributed by atoms with Crippen LogP contribution in [0.25, 0.3) is 6.08 Å². The summed E-state index contributed by atoms with van der Waals surface area (Å²) in [6, 6.07) is 5.79. The summed E-state index contributed by atoms with van der Waals surface area (Å²) < 4.78 is 18.1. The van der Waals surface area contributed by atoms with Gasteiger partial charge in [0.1, 0.15) is 5.82 Å². The summed E-state index contributed by atoms with van der Waals surface area (Å²) in [5.74, 6) is -2.45. The van der Waals surface area contributed by atoms with E-state index in [2.05, 4.69) is 0 Å². The number of carbonyl (C=O) groups is 2. The van der Waals surface area contributed by atoms with Crippen LogP contribution in [0.1, 0.15) is 18.9 Å². The van der Waals surface area contributed by atoms with Crippen molar-refractivity contribution >= 4 is 18.0 Å². The highest BCUT2D eigenvalue weighted by atomic mass is 19.1. The maximum absolute atomic E-state index is 13.4. The zero-order valence-electron chi connectivity index (χ0n) is 9.85. The van der Waals surface area contributed by atoms with Crippen LogP contribution in [0.4, 0.5) is 4.39 Å². The molecule has 0 saturated heterocycles. The molecule has 0 spiro atoms. The molecule has 0 saturated carbocycles. The number of hydrogen-bond acceptors (Lipinski definition) is 3. The zero-order chi connectivity index (χ0) is 13.5. The van der Waals surface area contributed by atoms with E-state index in [4.69, 9.17) is 9.84 Å². The Hall–Kier alpha value is -2.17. The molecule has 5 heteroatoms. The lowest BCUT2D eigenvalue weighted by Crippen LogP contribution is -2.11. The summed E-state index contributed by atoms with van der Waals surface area (Å²) in [5, 5.41) is 8.71. The molecule has 0 unspecified atom stereocenters. The van der Waals surface area contributed by atoms with Crippen molar-refractivity contribution in [2.75, 3.05) is 6.61 Å². The van der Waals surface area contributed by atoms with Crippen molar-refractivity contribution in [3.8, 4) is 0 Å². The van der Waals surface area contributed by atoms with Crippen molar-refractivity contribution in [3.63, 3.8) is 0 Å². The second-order valence-corrected chi connectivity index (χ2v) is 3.48. The lowest BCUT2D eigenvalue weighted by Gasteiger charge is -2.05. The first-order valence-corrected chi connectivity index (χ1v) is 5.38. The first-order valence-electron chi connectivity index (χ1n) is 5.38. The topological polar surface area (TPSA) is 63.6 Å². The van der Waals surface area contributed by atoms with Gasteiger partial charge in [-0.25, -0.2) is 9.18 Å². The van der Waals surface area contributed by atoms with E-state index in [0.29, 0.717) is 0 Å². The third kappa shape index (κ3) is 4.01. The number of esters is 1. The van der Waals surface area contributed by atoms with Crippen molar-refractivity contribution in [2.24, 2.45) is 0 Å². The van der Waals surface area contributed by atoms with Gasteiger partial charge in [-0.1, -0.05) is 18.2 Å². The minimum Gasteiger partial charge on any atom is -0.481 e. The van der Waals surface area contributed by atoms with Crippen LogP contribution in [-0.2, 0) is 14.3 Å². The Morgan fingerprint density at radius 1 is 1.39 bits per heavy atom. The van der Waals surface area contributed by atoms with Crippen LogP contribution < -0.4 is 0 Å². The van der Waals surface area contributed by atoms with Crippen LogP contribution in [0.5, 0.6) is 0 Å². The largest absolute Gasteiger partial charge is 0.481 e. The van der Waals surface area contributed by atoms with Crippen LogP contribution in [0.3, 0.4) is 0 Å². The van der Waals surface area contributed by atoms with Crippen molar-refractivity contribution < 1.29 is 23.8 Å². The van der Waals surface area contributed by atoms with E-state index in [1.807, 2.05) is 0 Å². The second-order valence-electron chi connectivity index (χ2n) is 3.48. The second kappa shape index (κ2) is 6.54. The molecule has 0 aromatic heterocycles. The first kappa shape index (κ1) is 13.9. The standard InChI is InChI=1S/C13H13FO4/c1-2-18-13(17)10(8-12(15)16)7-9-5-3-4-6-11(9)14/h3-7H,2,8H2,1H3,(H,15,16). The molecule has 0 aliphatic rings. The highest BCUT2D eigenvalue weighted by Gasteiger charge is 2.15. The van der Waals surface area contributed by atoms with Crippen LogP contribution in [0.2, 0.25) is 0 Å². The van der Waals surface area contributed by atoms with E-state index in [0.717, 1.165) is 0 Å². The molecule has 1 aromatic carbocycles. The molecule has 4 nitrogen and oxygen atoms in total. The molecule has 0 aliphatic carbocycles. The van der Waals surface area contributed by atoms with Gasteiger partial charge in [0.25, 0.3) is 0 Å². The van der Waals surface area contributed by atoms with Crippen molar-refractivity contribution in [1.82, 2.24) is 0 Å². The third-order valence-corrected chi connectivity index (χ3v) is 2.11. The minimum atomic E-state index is -1.18. The highest BCUT2D eigenvalue weighted by molar-refractivity contribution is 5.97. The molecule has 1 aromatic rings. The summed E-state index contributed by atoms with van der Waals surface area (Å²) in [5.41, 5.74) is 0.0660. The smallest absolute Gasteiger partial charge is 0.334 e. The maximum atomic E-state index is 13.4. The fourth-order valence-corrected chi connectivity index (χ4v) is 1.35. The Morgan fingerprint density at radius 3 is 2.61 bits per heavy atom. The van der Waals surface area contributed by atoms with Gasteiger partial charge in [-0.05, 0) is 19.1 Å². The third-order valence-electron chi connectivity index (χ3n) is 2.11. The van der Waals surface area contributed by atoms with Gasteiger partial charge in [0.15, 0.2) is 0 Å². The van der Waals surface area contributed by atoms with E-state index >= 15 is 0 Å². The van der Waals surface area contributed by atoms with Gasteiger partial charge >= 0.3 is 11.9 Å². The summed E-state index contributed by atoms with van der Waals surface area (Å²) >= 11 is 0. The number of benzene rings is 1. The summed E-state index contributed by atoms with van der Waals surface area (Å²) in [4.78, 5) is 22.2. The first-order chi connectivity index (χ1) is 8.54. The number of halogens is 1. The Kier molecular flexibility index (Phi) is 5.05. The Bertz CT molecular complexity index is 480. The molecule has 0 atom stereocenters. The SMILES string of the molecule is CCOC(=O)C(=Cc1ccccc1F)CC(=O)O. The minimum absolute atomic E-state index is 0.0885. The number of carboxylic acid groups (broad SMARTS) is 1. The molecule has 0 heterocycles. The van der Waals surface area contributed by atoms with E-state index in [9.17, 15) is 14.0 Å². The lowest BCUT2D eigenvalue weighted by atomic mass is 10.1. The number of hydrogen-bond donors (Lipinski definition) is 1. The predicted molar refractivity (Wildman–Crippen MR) is 63.3 cm³/mol. The predicted octanol–water partition coefficient (Wildman–Crippen LogP) is 2.25. The molecule has 0 aliphatic heterocycles. The Labute approximate surface area is 104 Å². The fourth-order valence-electron chi connectivity index (χ4n) is 1.35. The molecule has 96 valence electrons. The van der Waals surface area contributed by atoms with Crippen LogP contribution in [0.15, 0.2) is 29.8 Å². The summed E-state index contributed by atoms with van der Waals surface area (Å²) in [7, 11) is 0. The number of aliphatic carboxylic acids is 1. The molecular formula is C13H13FO4. The average Bonchev–Trinajstić information content (AvgIpc) is 2.31. The number of carboxylic acids is 1. The van der Waals surface area contributed by atoms with Gasteiger partial charge in [-0.2, -0.15) is 0 Å². The average molecular weight is 252 g/mol. The Morgan fingerprint density at radius 2 is 2.06 bits per heavy atom. The molecule has 0 fully saturated rings. The van der Waals surface area contributed by atoms with Crippen molar-refractivity contribution in [1.29, 1.82) is 0 Å². The molecule has 0 amide bonds. The van der Waals surface area contributed by atoms with Gasteiger partial charge in [-0.3, -0.25) is 4.79 Å². The Balaban J connectivity index is 3.06. The molecule has 18 heavy (non-hydrogen) atoms. The van der Waals surface area contributed by atoms with Crippen LogP contribution in [0, 0.1) is 5.82 Å². The zero-order valence-corrected chi connectivity index (χ0v) is 9.85. The van der Waals surface area contributed by atoms with Crippen molar-refractivity contribution in [2.45, 2.75) is 13.3 Å². The van der Waals surface area contributed by atoms with Crippen molar-refractivity contribution in [3.05, 3.63) is 41.2 Å². The molecule has 1 rings (SSSR count). The van der Waals surface area contributed by atoms with Gasteiger partial charge in [-0.15, -0.1) is 0 Å². The molecule has 1 N–H and O–H groups in total. The number of carbonyl (C=O) groups excluding carboxylic acids is 1. The fraction of sp³-hybridized carbons (Fsp3) is 0.231. The summed E-state index contributed by atoms with van der Waals surface area (Å²) in [6.07, 6.45) is 0.689. The van der Waals surface area contributed by atoms with E-state index in [-0.39, 0.29) is 17.7 Å². The quantitative estimate of drug-likeness (QED) is 0.644. The number of rotatable bonds is 5. The van der Waals surface area contributed by atoms with Gasteiger partial charge < -0.3 is 9.84 Å². The normalized spacial score (nSPS) is 11.1. The van der Waals surface area contributed by atoms with E-state index in [1.165, 1.54) is 24.3 Å². The van der Waals surface area contributed by atoms with E-state index in [1.54, 1.807) is 13.0 Å². The van der Waals surface area contributed by atoms with Gasteiger partial charge in [0.2, 0.25) is 0 Å². The van der Waals surface area contributed by atoms with Gasteiger partial charge in [0.05, 0.1) is 13.0 Å².